The zero-order valence-electron chi connectivity index (χ0n) is 13.2. The van der Waals surface area contributed by atoms with Gasteiger partial charge in [0.05, 0.1) is 13.2 Å². The lowest BCUT2D eigenvalue weighted by molar-refractivity contribution is -0.695. The lowest BCUT2D eigenvalue weighted by atomic mass is 10.0. The van der Waals surface area contributed by atoms with Crippen LogP contribution in [0.1, 0.15) is 24.2 Å². The van der Waals surface area contributed by atoms with Gasteiger partial charge < -0.3 is 32.7 Å². The normalized spacial score (nSPS) is 13.0. The van der Waals surface area contributed by atoms with Gasteiger partial charge in [-0.1, -0.05) is 42.5 Å². The summed E-state index contributed by atoms with van der Waals surface area (Å²) in [7, 11) is 0. The molecule has 4 N–H and O–H groups in total. The summed E-state index contributed by atoms with van der Waals surface area (Å²) in [6.07, 6.45) is -0.560. The number of rotatable bonds is 8. The summed E-state index contributed by atoms with van der Waals surface area (Å²) < 4.78 is 5.73. The van der Waals surface area contributed by atoms with Crippen LogP contribution in [0, 0.1) is 0 Å². The fraction of sp³-hybridized carbons (Fsp3) is 0.333. The van der Waals surface area contributed by atoms with Crippen molar-refractivity contribution in [2.45, 2.75) is 25.7 Å². The van der Waals surface area contributed by atoms with Gasteiger partial charge in [-0.15, -0.1) is 0 Å². The Morgan fingerprint density at radius 1 is 1.04 bits per heavy atom. The van der Waals surface area contributed by atoms with Crippen LogP contribution in [0.25, 0.3) is 0 Å². The molecule has 0 saturated heterocycles. The highest BCUT2D eigenvalue weighted by Gasteiger charge is 2.18. The summed E-state index contributed by atoms with van der Waals surface area (Å²) in [5.74, 6) is 0.784. The van der Waals surface area contributed by atoms with Gasteiger partial charge in [-0.3, -0.25) is 0 Å². The van der Waals surface area contributed by atoms with Crippen molar-refractivity contribution in [2.24, 2.45) is 0 Å². The minimum absolute atomic E-state index is 0. The van der Waals surface area contributed by atoms with E-state index in [9.17, 15) is 5.11 Å². The highest BCUT2D eigenvalue weighted by atomic mass is 35.5. The molecule has 2 unspecified atom stereocenters. The Hall–Kier alpha value is -1.59. The first-order chi connectivity index (χ1) is 10.7. The number of halogens is 1. The molecule has 0 amide bonds. The van der Waals surface area contributed by atoms with Crippen LogP contribution in [0.3, 0.4) is 0 Å². The number of hydrogen-bond acceptors (Lipinski definition) is 3. The molecule has 0 radical (unpaired) electrons. The molecule has 0 fully saturated rings. The molecule has 0 aliphatic rings. The number of hydrogen-bond donors (Lipinski definition) is 3. The Labute approximate surface area is 143 Å². The number of quaternary nitrogens is 1. The van der Waals surface area contributed by atoms with Gasteiger partial charge in [0.15, 0.2) is 0 Å². The second kappa shape index (κ2) is 10.2. The SMILES string of the molecule is CC([NH2+]CCO)C(O)c1ccc(OCc2ccccc2)cc1.[Cl-]. The Bertz CT molecular complexity index is 548. The maximum Gasteiger partial charge on any atom is 0.130 e. The van der Waals surface area contributed by atoms with Crippen LogP contribution in [0.2, 0.25) is 0 Å². The standard InChI is InChI=1S/C18H23NO3.ClH/c1-14(19-11-12-20)18(21)16-7-9-17(10-8-16)22-13-15-5-3-2-4-6-15;/h2-10,14,18-21H,11-13H2,1H3;1H. The average Bonchev–Trinajstić information content (AvgIpc) is 2.58. The molecular weight excluding hydrogens is 314 g/mol. The highest BCUT2D eigenvalue weighted by molar-refractivity contribution is 5.29. The quantitative estimate of drug-likeness (QED) is 0.535. The molecule has 2 atom stereocenters. The Morgan fingerprint density at radius 3 is 2.30 bits per heavy atom. The molecule has 23 heavy (non-hydrogen) atoms. The number of benzene rings is 2. The maximum atomic E-state index is 10.3. The second-order valence-corrected chi connectivity index (χ2v) is 5.40. The van der Waals surface area contributed by atoms with E-state index in [0.717, 1.165) is 16.9 Å². The third kappa shape index (κ3) is 6.20. The predicted molar refractivity (Wildman–Crippen MR) is 85.5 cm³/mol. The Kier molecular flexibility index (Phi) is 8.66. The van der Waals surface area contributed by atoms with Crippen LogP contribution < -0.4 is 22.5 Å². The molecule has 0 heterocycles. The van der Waals surface area contributed by atoms with E-state index in [1.165, 1.54) is 0 Å². The fourth-order valence-electron chi connectivity index (χ4n) is 2.27. The molecule has 0 aliphatic carbocycles. The van der Waals surface area contributed by atoms with Crippen molar-refractivity contribution < 1.29 is 32.7 Å². The van der Waals surface area contributed by atoms with Crippen LogP contribution in [0.5, 0.6) is 5.75 Å². The van der Waals surface area contributed by atoms with Gasteiger partial charge in [0.2, 0.25) is 0 Å². The predicted octanol–water partition coefficient (Wildman–Crippen LogP) is -1.75. The van der Waals surface area contributed by atoms with Crippen molar-refractivity contribution in [3.63, 3.8) is 0 Å². The van der Waals surface area contributed by atoms with E-state index in [-0.39, 0.29) is 25.1 Å². The maximum absolute atomic E-state index is 10.3. The molecule has 0 saturated carbocycles. The van der Waals surface area contributed by atoms with Crippen molar-refractivity contribution in [1.29, 1.82) is 0 Å². The van der Waals surface area contributed by atoms with E-state index in [2.05, 4.69) is 0 Å². The van der Waals surface area contributed by atoms with Crippen LogP contribution >= 0.6 is 0 Å². The van der Waals surface area contributed by atoms with E-state index in [0.29, 0.717) is 13.2 Å². The van der Waals surface area contributed by atoms with Gasteiger partial charge in [0, 0.05) is 0 Å². The summed E-state index contributed by atoms with van der Waals surface area (Å²) in [6.45, 7) is 3.18. The van der Waals surface area contributed by atoms with Gasteiger partial charge >= 0.3 is 0 Å². The van der Waals surface area contributed by atoms with Crippen molar-refractivity contribution in [3.05, 3.63) is 65.7 Å². The average molecular weight is 338 g/mol. The number of aliphatic hydroxyl groups excluding tert-OH is 2. The van der Waals surface area contributed by atoms with Crippen molar-refractivity contribution in [1.82, 2.24) is 0 Å². The summed E-state index contributed by atoms with van der Waals surface area (Å²) >= 11 is 0. The van der Waals surface area contributed by atoms with E-state index in [1.807, 2.05) is 66.8 Å². The topological polar surface area (TPSA) is 66.3 Å². The van der Waals surface area contributed by atoms with Crippen molar-refractivity contribution >= 4 is 0 Å². The number of aliphatic hydroxyl groups is 2. The van der Waals surface area contributed by atoms with E-state index >= 15 is 0 Å². The number of nitrogens with two attached hydrogens (primary N) is 1. The molecule has 0 bridgehead atoms. The highest BCUT2D eigenvalue weighted by Crippen LogP contribution is 2.20. The van der Waals surface area contributed by atoms with Crippen LogP contribution in [-0.2, 0) is 6.61 Å². The third-order valence-electron chi connectivity index (χ3n) is 3.64. The lowest BCUT2D eigenvalue weighted by Crippen LogP contribution is -3.00. The molecule has 5 heteroatoms. The molecule has 0 aromatic heterocycles. The molecule has 0 spiro atoms. The Morgan fingerprint density at radius 2 is 1.70 bits per heavy atom. The first-order valence-electron chi connectivity index (χ1n) is 7.59. The van der Waals surface area contributed by atoms with Crippen LogP contribution in [0.15, 0.2) is 54.6 Å². The largest absolute Gasteiger partial charge is 1.00 e. The first kappa shape index (κ1) is 19.5. The van der Waals surface area contributed by atoms with E-state index in [1.54, 1.807) is 0 Å². The zero-order valence-corrected chi connectivity index (χ0v) is 14.0. The summed E-state index contributed by atoms with van der Waals surface area (Å²) in [5.41, 5.74) is 1.98. The van der Waals surface area contributed by atoms with E-state index < -0.39 is 6.10 Å². The first-order valence-corrected chi connectivity index (χ1v) is 7.59. The molecule has 2 aromatic carbocycles. The summed E-state index contributed by atoms with van der Waals surface area (Å²) in [6, 6.07) is 17.5. The third-order valence-corrected chi connectivity index (χ3v) is 3.64. The minimum atomic E-state index is -0.560. The zero-order chi connectivity index (χ0) is 15.8. The van der Waals surface area contributed by atoms with Gasteiger partial charge in [-0.2, -0.15) is 0 Å². The Balaban J connectivity index is 0.00000264. The van der Waals surface area contributed by atoms with Crippen LogP contribution in [0.4, 0.5) is 0 Å². The van der Waals surface area contributed by atoms with Crippen molar-refractivity contribution in [2.75, 3.05) is 13.2 Å². The smallest absolute Gasteiger partial charge is 0.130 e. The second-order valence-electron chi connectivity index (χ2n) is 5.40. The number of ether oxygens (including phenoxy) is 1. The molecule has 2 aromatic rings. The van der Waals surface area contributed by atoms with Gasteiger partial charge in [-0.05, 0) is 30.2 Å². The summed E-state index contributed by atoms with van der Waals surface area (Å²) in [4.78, 5) is 0. The van der Waals surface area contributed by atoms with Crippen molar-refractivity contribution in [3.8, 4) is 5.75 Å². The molecule has 0 aliphatic heterocycles. The monoisotopic (exact) mass is 337 g/mol. The molecule has 4 nitrogen and oxygen atoms in total. The lowest BCUT2D eigenvalue weighted by Gasteiger charge is -2.17. The van der Waals surface area contributed by atoms with Gasteiger partial charge in [0.1, 0.15) is 24.5 Å². The van der Waals surface area contributed by atoms with E-state index in [4.69, 9.17) is 9.84 Å². The van der Waals surface area contributed by atoms with Gasteiger partial charge in [-0.25, -0.2) is 0 Å². The van der Waals surface area contributed by atoms with Gasteiger partial charge in [0.25, 0.3) is 0 Å². The summed E-state index contributed by atoms with van der Waals surface area (Å²) in [5, 5.41) is 21.0. The minimum Gasteiger partial charge on any atom is -1.00 e. The fourth-order valence-corrected chi connectivity index (χ4v) is 2.27. The van der Waals surface area contributed by atoms with Crippen LogP contribution in [-0.4, -0.2) is 29.4 Å². The molecule has 126 valence electrons. The molecule has 2 rings (SSSR count). The molecular formula is C18H24ClNO3.